The van der Waals surface area contributed by atoms with Gasteiger partial charge < -0.3 is 36.2 Å². The molecule has 1 aliphatic rings. The number of aromatic nitrogens is 2. The molecule has 1 aromatic heterocycles. The second-order valence-corrected chi connectivity index (χ2v) is 5.43. The average Bonchev–Trinajstić information content (AvgIpc) is 2.82. The van der Waals surface area contributed by atoms with Gasteiger partial charge in [0.1, 0.15) is 30.2 Å². The van der Waals surface area contributed by atoms with Crippen molar-refractivity contribution < 1.29 is 34.8 Å². The molecule has 25 heavy (non-hydrogen) atoms. The number of aliphatic hydroxyl groups excluding tert-OH is 3. The van der Waals surface area contributed by atoms with Crippen LogP contribution in [0.3, 0.4) is 0 Å². The van der Waals surface area contributed by atoms with Gasteiger partial charge in [0.25, 0.3) is 0 Å². The number of nitrogens with one attached hydrogen (secondary N) is 1. The number of amides is 1. The molecule has 7 N–H and O–H groups in total. The number of anilines is 1. The molecule has 1 saturated heterocycles. The Hall–Kier alpha value is -2.38. The number of nitrogens with two attached hydrogens (primary N) is 1. The predicted molar refractivity (Wildman–Crippen MR) is 80.4 cm³/mol. The Kier molecular flexibility index (Phi) is 5.81. The van der Waals surface area contributed by atoms with Crippen LogP contribution in [0, 0.1) is 0 Å². The van der Waals surface area contributed by atoms with E-state index in [4.69, 9.17) is 20.7 Å². The van der Waals surface area contributed by atoms with Crippen LogP contribution in [0.5, 0.6) is 0 Å². The van der Waals surface area contributed by atoms with Crippen molar-refractivity contribution in [2.45, 2.75) is 37.0 Å². The van der Waals surface area contributed by atoms with Gasteiger partial charge in [-0.3, -0.25) is 14.2 Å². The van der Waals surface area contributed by atoms with Gasteiger partial charge in [-0.25, -0.2) is 4.79 Å². The molecule has 0 aromatic carbocycles. The van der Waals surface area contributed by atoms with E-state index in [9.17, 15) is 24.6 Å². The minimum absolute atomic E-state index is 0.143. The summed E-state index contributed by atoms with van der Waals surface area (Å²) in [6.07, 6.45) is -4.47. The topological polar surface area (TPSA) is 197 Å². The Morgan fingerprint density at radius 2 is 2.08 bits per heavy atom. The van der Waals surface area contributed by atoms with Gasteiger partial charge in [-0.1, -0.05) is 0 Å². The first-order valence-corrected chi connectivity index (χ1v) is 7.24. The molecule has 2 rings (SSSR count). The Labute approximate surface area is 140 Å². The third-order valence-corrected chi connectivity index (χ3v) is 3.61. The molecule has 1 fully saturated rings. The molecule has 5 atom stereocenters. The van der Waals surface area contributed by atoms with Crippen LogP contribution in [0.1, 0.15) is 12.6 Å². The van der Waals surface area contributed by atoms with E-state index in [1.165, 1.54) is 12.3 Å². The minimum atomic E-state index is -1.45. The number of ether oxygens (including phenoxy) is 1. The molecule has 138 valence electrons. The summed E-state index contributed by atoms with van der Waals surface area (Å²) < 4.78 is 6.10. The molecule has 1 aromatic rings. The number of carbonyl (C=O) groups is 2. The molecule has 1 unspecified atom stereocenters. The van der Waals surface area contributed by atoms with Gasteiger partial charge in [0, 0.05) is 6.20 Å². The number of carbonyl (C=O) groups excluding carboxylic acids is 1. The zero-order chi connectivity index (χ0) is 18.7. The molecule has 2 heterocycles. The lowest BCUT2D eigenvalue weighted by Crippen LogP contribution is -2.36. The van der Waals surface area contributed by atoms with Gasteiger partial charge in [0.05, 0.1) is 13.0 Å². The zero-order valence-corrected chi connectivity index (χ0v) is 12.8. The van der Waals surface area contributed by atoms with E-state index in [1.54, 1.807) is 0 Å². The standard InChI is InChI=1S/C13H18N4O8/c14-5(12(22)23)3-8(19)15-7-1-2-17(13(24)16-7)11-10(21)9(20)6(4-18)25-11/h1-2,5-6,9-11,18,20-21H,3-4,14H2,(H,22,23)(H,15,16,19,24)/t5-,6+,9?,10+,11+/m0/s1. The Morgan fingerprint density at radius 3 is 2.60 bits per heavy atom. The lowest BCUT2D eigenvalue weighted by atomic mass is 10.1. The highest BCUT2D eigenvalue weighted by molar-refractivity contribution is 5.93. The lowest BCUT2D eigenvalue weighted by molar-refractivity contribution is -0.140. The van der Waals surface area contributed by atoms with Crippen molar-refractivity contribution in [1.29, 1.82) is 0 Å². The monoisotopic (exact) mass is 358 g/mol. The lowest BCUT2D eigenvalue weighted by Gasteiger charge is -2.17. The minimum Gasteiger partial charge on any atom is -0.480 e. The average molecular weight is 358 g/mol. The molecule has 1 aliphatic heterocycles. The van der Waals surface area contributed by atoms with Crippen molar-refractivity contribution in [3.8, 4) is 0 Å². The van der Waals surface area contributed by atoms with Gasteiger partial charge in [-0.2, -0.15) is 4.98 Å². The first-order valence-electron chi connectivity index (χ1n) is 7.24. The summed E-state index contributed by atoms with van der Waals surface area (Å²) in [5, 5.41) is 39.5. The molecule has 12 heteroatoms. The number of nitrogens with zero attached hydrogens (tertiary/aromatic N) is 2. The fraction of sp³-hybridized carbons (Fsp3) is 0.538. The molecule has 12 nitrogen and oxygen atoms in total. The second kappa shape index (κ2) is 7.67. The smallest absolute Gasteiger partial charge is 0.351 e. The zero-order valence-electron chi connectivity index (χ0n) is 12.8. The second-order valence-electron chi connectivity index (χ2n) is 5.43. The maximum atomic E-state index is 12.0. The number of carboxylic acid groups (broad SMARTS) is 1. The van der Waals surface area contributed by atoms with Crippen molar-refractivity contribution in [1.82, 2.24) is 9.55 Å². The van der Waals surface area contributed by atoms with Crippen molar-refractivity contribution in [2.24, 2.45) is 5.73 Å². The Balaban J connectivity index is 2.10. The molecular formula is C13H18N4O8. The van der Waals surface area contributed by atoms with E-state index in [-0.39, 0.29) is 5.82 Å². The third-order valence-electron chi connectivity index (χ3n) is 3.61. The van der Waals surface area contributed by atoms with Gasteiger partial charge in [0.15, 0.2) is 6.23 Å². The molecule has 0 bridgehead atoms. The van der Waals surface area contributed by atoms with Crippen LogP contribution >= 0.6 is 0 Å². The highest BCUT2D eigenvalue weighted by Gasteiger charge is 2.43. The van der Waals surface area contributed by atoms with Gasteiger partial charge in [0.2, 0.25) is 5.91 Å². The van der Waals surface area contributed by atoms with Gasteiger partial charge in [-0.05, 0) is 6.07 Å². The number of aliphatic carboxylic acids is 1. The van der Waals surface area contributed by atoms with Crippen molar-refractivity contribution >= 4 is 17.7 Å². The molecule has 0 spiro atoms. The van der Waals surface area contributed by atoms with E-state index in [0.717, 1.165) is 4.57 Å². The molecule has 1 amide bonds. The van der Waals surface area contributed by atoms with E-state index in [1.807, 2.05) is 0 Å². The van der Waals surface area contributed by atoms with E-state index in [2.05, 4.69) is 10.3 Å². The summed E-state index contributed by atoms with van der Waals surface area (Å²) in [7, 11) is 0. The van der Waals surface area contributed by atoms with Crippen LogP contribution in [0.25, 0.3) is 0 Å². The van der Waals surface area contributed by atoms with Crippen LogP contribution < -0.4 is 16.7 Å². The number of aliphatic hydroxyl groups is 3. The highest BCUT2D eigenvalue weighted by atomic mass is 16.6. The maximum Gasteiger partial charge on any atom is 0.351 e. The molecule has 0 radical (unpaired) electrons. The summed E-state index contributed by atoms with van der Waals surface area (Å²) in [6.45, 7) is -0.547. The largest absolute Gasteiger partial charge is 0.480 e. The first-order chi connectivity index (χ1) is 11.7. The molecular weight excluding hydrogens is 340 g/mol. The summed E-state index contributed by atoms with van der Waals surface area (Å²) in [4.78, 5) is 37.8. The van der Waals surface area contributed by atoms with Gasteiger partial charge in [-0.15, -0.1) is 0 Å². The molecule has 0 aliphatic carbocycles. The van der Waals surface area contributed by atoms with E-state index >= 15 is 0 Å². The van der Waals surface area contributed by atoms with Crippen LogP contribution in [-0.4, -0.2) is 72.8 Å². The fourth-order valence-electron chi connectivity index (χ4n) is 2.27. The number of carboxylic acids is 1. The van der Waals surface area contributed by atoms with Crippen LogP contribution in [0.15, 0.2) is 17.1 Å². The number of rotatable bonds is 6. The number of hydrogen-bond acceptors (Lipinski definition) is 9. The van der Waals surface area contributed by atoms with Crippen LogP contribution in [0.4, 0.5) is 5.82 Å². The van der Waals surface area contributed by atoms with Gasteiger partial charge >= 0.3 is 11.7 Å². The Morgan fingerprint density at radius 1 is 1.40 bits per heavy atom. The summed E-state index contributed by atoms with van der Waals surface area (Å²) in [6, 6.07) is -0.167. The normalized spacial score (nSPS) is 27.0. The quantitative estimate of drug-likeness (QED) is 0.298. The summed E-state index contributed by atoms with van der Waals surface area (Å²) >= 11 is 0. The van der Waals surface area contributed by atoms with E-state index in [0.29, 0.717) is 0 Å². The van der Waals surface area contributed by atoms with Crippen LogP contribution in [0.2, 0.25) is 0 Å². The SMILES string of the molecule is N[C@@H](CC(=O)Nc1ccn([C@@H]2O[C@H](CO)C(O)[C@H]2O)c(=O)n1)C(=O)O. The van der Waals surface area contributed by atoms with Crippen molar-refractivity contribution in [2.75, 3.05) is 11.9 Å². The summed E-state index contributed by atoms with van der Waals surface area (Å²) in [5.74, 6) is -2.23. The van der Waals surface area contributed by atoms with Crippen LogP contribution in [-0.2, 0) is 14.3 Å². The highest BCUT2D eigenvalue weighted by Crippen LogP contribution is 2.28. The van der Waals surface area contributed by atoms with Crippen molar-refractivity contribution in [3.63, 3.8) is 0 Å². The third kappa shape index (κ3) is 4.18. The fourth-order valence-corrected chi connectivity index (χ4v) is 2.27. The predicted octanol–water partition coefficient (Wildman–Crippen LogP) is -3.40. The number of hydrogen-bond donors (Lipinski definition) is 6. The Bertz CT molecular complexity index is 708. The maximum absolute atomic E-state index is 12.0. The summed E-state index contributed by atoms with van der Waals surface area (Å²) in [5.41, 5.74) is 4.33. The first kappa shape index (κ1) is 19.0. The van der Waals surface area contributed by atoms with E-state index < -0.39 is 61.2 Å². The van der Waals surface area contributed by atoms with Crippen molar-refractivity contribution in [3.05, 3.63) is 22.7 Å². The molecule has 0 saturated carbocycles.